The lowest BCUT2D eigenvalue weighted by atomic mass is 10.0. The topological polar surface area (TPSA) is 37.3 Å². The van der Waals surface area contributed by atoms with Gasteiger partial charge in [0.05, 0.1) is 0 Å². The second kappa shape index (κ2) is 9.93. The van der Waals surface area contributed by atoms with Gasteiger partial charge in [-0.2, -0.15) is 0 Å². The lowest BCUT2D eigenvalue weighted by molar-refractivity contribution is -0.137. The van der Waals surface area contributed by atoms with Crippen molar-refractivity contribution in [2.45, 2.75) is 70.6 Å². The van der Waals surface area contributed by atoms with Crippen LogP contribution in [0.5, 0.6) is 0 Å². The molecule has 1 aliphatic rings. The molecule has 0 aromatic carbocycles. The van der Waals surface area contributed by atoms with Crippen molar-refractivity contribution in [2.75, 3.05) is 0 Å². The molecule has 2 heteroatoms. The summed E-state index contributed by atoms with van der Waals surface area (Å²) >= 11 is 0. The van der Waals surface area contributed by atoms with Gasteiger partial charge in [0.15, 0.2) is 0 Å². The first-order chi connectivity index (χ1) is 8.79. The SMILES string of the molecule is O=C(O)CCCCCCCCCCC1=CC=CC1. The van der Waals surface area contributed by atoms with Gasteiger partial charge in [-0.1, -0.05) is 62.3 Å². The number of hydrogen-bond acceptors (Lipinski definition) is 1. The summed E-state index contributed by atoms with van der Waals surface area (Å²) in [4.78, 5) is 10.3. The molecular formula is C16H26O2. The fraction of sp³-hybridized carbons (Fsp3) is 0.688. The molecule has 0 saturated heterocycles. The molecule has 0 saturated carbocycles. The Hall–Kier alpha value is -1.05. The van der Waals surface area contributed by atoms with E-state index in [4.69, 9.17) is 5.11 Å². The highest BCUT2D eigenvalue weighted by molar-refractivity contribution is 5.66. The van der Waals surface area contributed by atoms with Gasteiger partial charge < -0.3 is 5.11 Å². The molecule has 0 unspecified atom stereocenters. The number of carboxylic acid groups (broad SMARTS) is 1. The molecule has 1 rings (SSSR count). The zero-order chi connectivity index (χ0) is 13.1. The highest BCUT2D eigenvalue weighted by atomic mass is 16.4. The molecule has 1 N–H and O–H groups in total. The zero-order valence-electron chi connectivity index (χ0n) is 11.4. The van der Waals surface area contributed by atoms with Crippen molar-refractivity contribution in [3.05, 3.63) is 23.8 Å². The van der Waals surface area contributed by atoms with Gasteiger partial charge in [-0.05, 0) is 25.7 Å². The smallest absolute Gasteiger partial charge is 0.303 e. The van der Waals surface area contributed by atoms with Crippen molar-refractivity contribution in [1.29, 1.82) is 0 Å². The molecule has 102 valence electrons. The van der Waals surface area contributed by atoms with Crippen molar-refractivity contribution in [2.24, 2.45) is 0 Å². The second-order valence-electron chi connectivity index (χ2n) is 5.18. The minimum Gasteiger partial charge on any atom is -0.481 e. The standard InChI is InChI=1S/C16H26O2/c17-16(18)14-8-6-4-2-1-3-5-7-11-15-12-9-10-13-15/h9-10,12H,1-8,11,13-14H2,(H,17,18). The molecule has 0 aliphatic heterocycles. The van der Waals surface area contributed by atoms with Gasteiger partial charge >= 0.3 is 5.97 Å². The number of aliphatic carboxylic acids is 1. The highest BCUT2D eigenvalue weighted by Gasteiger charge is 1.99. The van der Waals surface area contributed by atoms with E-state index < -0.39 is 5.97 Å². The molecule has 18 heavy (non-hydrogen) atoms. The fourth-order valence-corrected chi connectivity index (χ4v) is 2.37. The van der Waals surface area contributed by atoms with Crippen LogP contribution in [0.15, 0.2) is 23.8 Å². The van der Waals surface area contributed by atoms with E-state index in [-0.39, 0.29) is 0 Å². The van der Waals surface area contributed by atoms with E-state index in [1.165, 1.54) is 51.4 Å². The van der Waals surface area contributed by atoms with E-state index in [0.717, 1.165) is 12.8 Å². The quantitative estimate of drug-likeness (QED) is 0.532. The first-order valence-electron chi connectivity index (χ1n) is 7.35. The molecule has 0 radical (unpaired) electrons. The van der Waals surface area contributed by atoms with Gasteiger partial charge in [0.1, 0.15) is 0 Å². The summed E-state index contributed by atoms with van der Waals surface area (Å²) < 4.78 is 0. The van der Waals surface area contributed by atoms with E-state index in [1.807, 2.05) is 0 Å². The van der Waals surface area contributed by atoms with Crippen LogP contribution >= 0.6 is 0 Å². The van der Waals surface area contributed by atoms with Crippen molar-refractivity contribution < 1.29 is 9.90 Å². The van der Waals surface area contributed by atoms with E-state index >= 15 is 0 Å². The molecule has 0 heterocycles. The van der Waals surface area contributed by atoms with Crippen LogP contribution in [-0.2, 0) is 4.79 Å². The Balaban J connectivity index is 1.74. The molecule has 0 aromatic rings. The Morgan fingerprint density at radius 1 is 1.00 bits per heavy atom. The zero-order valence-corrected chi connectivity index (χ0v) is 11.4. The molecule has 1 aliphatic carbocycles. The van der Waals surface area contributed by atoms with Crippen LogP contribution in [0.3, 0.4) is 0 Å². The van der Waals surface area contributed by atoms with Gasteiger partial charge in [-0.25, -0.2) is 0 Å². The second-order valence-corrected chi connectivity index (χ2v) is 5.18. The molecule has 0 fully saturated rings. The summed E-state index contributed by atoms with van der Waals surface area (Å²) in [5.74, 6) is -0.661. The third-order valence-electron chi connectivity index (χ3n) is 3.49. The van der Waals surface area contributed by atoms with Crippen LogP contribution < -0.4 is 0 Å². The molecule has 0 aromatic heterocycles. The summed E-state index contributed by atoms with van der Waals surface area (Å²) in [7, 11) is 0. The number of rotatable bonds is 11. The van der Waals surface area contributed by atoms with Crippen LogP contribution in [0.1, 0.15) is 70.6 Å². The summed E-state index contributed by atoms with van der Waals surface area (Å²) in [5, 5.41) is 8.49. The first-order valence-corrected chi connectivity index (χ1v) is 7.35. The van der Waals surface area contributed by atoms with Crippen molar-refractivity contribution in [3.63, 3.8) is 0 Å². The van der Waals surface area contributed by atoms with Crippen LogP contribution in [0.4, 0.5) is 0 Å². The third-order valence-corrected chi connectivity index (χ3v) is 3.49. The Morgan fingerprint density at radius 2 is 1.61 bits per heavy atom. The average Bonchev–Trinajstić information content (AvgIpc) is 2.84. The van der Waals surface area contributed by atoms with Gasteiger partial charge in [-0.15, -0.1) is 0 Å². The third kappa shape index (κ3) is 8.10. The monoisotopic (exact) mass is 250 g/mol. The predicted molar refractivity (Wildman–Crippen MR) is 75.6 cm³/mol. The van der Waals surface area contributed by atoms with Gasteiger partial charge in [0, 0.05) is 6.42 Å². The van der Waals surface area contributed by atoms with E-state index in [0.29, 0.717) is 6.42 Å². The van der Waals surface area contributed by atoms with Crippen molar-refractivity contribution >= 4 is 5.97 Å². The predicted octanol–water partition coefficient (Wildman–Crippen LogP) is 4.86. The number of carbonyl (C=O) groups is 1. The largest absolute Gasteiger partial charge is 0.481 e. The van der Waals surface area contributed by atoms with Crippen molar-refractivity contribution in [1.82, 2.24) is 0 Å². The molecule has 0 atom stereocenters. The summed E-state index contributed by atoms with van der Waals surface area (Å²) in [5.41, 5.74) is 1.59. The Morgan fingerprint density at radius 3 is 2.17 bits per heavy atom. The van der Waals surface area contributed by atoms with Crippen LogP contribution in [0.25, 0.3) is 0 Å². The Bertz CT molecular complexity index is 289. The molecule has 2 nitrogen and oxygen atoms in total. The van der Waals surface area contributed by atoms with Gasteiger partial charge in [-0.3, -0.25) is 4.79 Å². The fourth-order valence-electron chi connectivity index (χ4n) is 2.37. The minimum absolute atomic E-state index is 0.336. The van der Waals surface area contributed by atoms with E-state index in [9.17, 15) is 4.79 Å². The molecule has 0 amide bonds. The average molecular weight is 250 g/mol. The minimum atomic E-state index is -0.661. The summed E-state index contributed by atoms with van der Waals surface area (Å²) in [6.45, 7) is 0. The van der Waals surface area contributed by atoms with Crippen LogP contribution in [0.2, 0.25) is 0 Å². The first kappa shape index (κ1) is 15.0. The number of allylic oxidation sites excluding steroid dienone is 4. The number of carboxylic acids is 1. The van der Waals surface area contributed by atoms with Crippen LogP contribution in [0, 0.1) is 0 Å². The van der Waals surface area contributed by atoms with Gasteiger partial charge in [0.25, 0.3) is 0 Å². The van der Waals surface area contributed by atoms with E-state index in [2.05, 4.69) is 18.2 Å². The van der Waals surface area contributed by atoms with Crippen LogP contribution in [-0.4, -0.2) is 11.1 Å². The van der Waals surface area contributed by atoms with E-state index in [1.54, 1.807) is 5.57 Å². The van der Waals surface area contributed by atoms with Crippen molar-refractivity contribution in [3.8, 4) is 0 Å². The summed E-state index contributed by atoms with van der Waals surface area (Å²) in [6.07, 6.45) is 19.1. The molecular weight excluding hydrogens is 224 g/mol. The Labute approximate surface area is 111 Å². The molecule has 0 bridgehead atoms. The number of unbranched alkanes of at least 4 members (excludes halogenated alkanes) is 7. The lowest BCUT2D eigenvalue weighted by Gasteiger charge is -2.03. The maximum absolute atomic E-state index is 10.3. The Kier molecular flexibility index (Phi) is 8.28. The summed E-state index contributed by atoms with van der Waals surface area (Å²) in [6, 6.07) is 0. The maximum Gasteiger partial charge on any atom is 0.303 e. The number of hydrogen-bond donors (Lipinski definition) is 1. The lowest BCUT2D eigenvalue weighted by Crippen LogP contribution is -1.93. The maximum atomic E-state index is 10.3. The molecule has 0 spiro atoms. The van der Waals surface area contributed by atoms with Gasteiger partial charge in [0.2, 0.25) is 0 Å². The highest BCUT2D eigenvalue weighted by Crippen LogP contribution is 2.18. The normalized spacial score (nSPS) is 13.9.